The Morgan fingerprint density at radius 3 is 1.75 bits per heavy atom. The van der Waals surface area contributed by atoms with Crippen LogP contribution in [0.15, 0.2) is 186 Å². The molecule has 266 valence electrons. The van der Waals surface area contributed by atoms with Crippen molar-refractivity contribution in [2.24, 2.45) is 0 Å². The molecule has 5 nitrogen and oxygen atoms in total. The molecule has 0 N–H and O–H groups in total. The molecule has 0 bridgehead atoms. The Bertz CT molecular complexity index is 3460. The number of para-hydroxylation sites is 1. The first-order valence-corrected chi connectivity index (χ1v) is 19.8. The van der Waals surface area contributed by atoms with Crippen molar-refractivity contribution in [2.75, 3.05) is 0 Å². The number of aromatic nitrogens is 4. The van der Waals surface area contributed by atoms with Crippen LogP contribution in [0.4, 0.5) is 0 Å². The van der Waals surface area contributed by atoms with Crippen LogP contribution in [-0.4, -0.2) is 19.5 Å². The second kappa shape index (κ2) is 12.6. The van der Waals surface area contributed by atoms with Crippen LogP contribution in [0.5, 0.6) is 0 Å². The van der Waals surface area contributed by atoms with Gasteiger partial charge in [0.2, 0.25) is 0 Å². The van der Waals surface area contributed by atoms with Crippen LogP contribution in [0, 0.1) is 0 Å². The molecule has 0 saturated carbocycles. The minimum Gasteiger partial charge on any atom is -0.456 e. The number of rotatable bonds is 5. The minimum absolute atomic E-state index is 0.590. The second-order valence-electron chi connectivity index (χ2n) is 14.4. The number of thiophene rings is 1. The Kier molecular flexibility index (Phi) is 7.03. The fraction of sp³-hybridized carbons (Fsp3) is 0. The summed E-state index contributed by atoms with van der Waals surface area (Å²) in [6, 6.07) is 63.7. The van der Waals surface area contributed by atoms with Crippen molar-refractivity contribution < 1.29 is 4.42 Å². The van der Waals surface area contributed by atoms with E-state index in [0.29, 0.717) is 17.5 Å². The lowest BCUT2D eigenvalue weighted by Gasteiger charge is -2.11. The summed E-state index contributed by atoms with van der Waals surface area (Å²) < 4.78 is 11.9. The lowest BCUT2D eigenvalue weighted by molar-refractivity contribution is 0.669. The van der Waals surface area contributed by atoms with Crippen molar-refractivity contribution >= 4 is 75.3 Å². The molecule has 12 aromatic rings. The van der Waals surface area contributed by atoms with E-state index in [0.717, 1.165) is 61.0 Å². The Hall–Kier alpha value is -7.41. The van der Waals surface area contributed by atoms with Crippen molar-refractivity contribution in [3.8, 4) is 51.0 Å². The summed E-state index contributed by atoms with van der Waals surface area (Å²) >= 11 is 1.85. The van der Waals surface area contributed by atoms with Gasteiger partial charge >= 0.3 is 0 Å². The molecule has 0 aliphatic rings. The van der Waals surface area contributed by atoms with Crippen molar-refractivity contribution in [3.63, 3.8) is 0 Å². The molecule has 0 aliphatic heterocycles. The standard InChI is InChI=1S/C51H30N4OS/c1-4-14-31(15-5-1)34-26-41(51-53-49(32-16-6-2-7-17-32)52-50(54-51)33-18-8-3-9-19-33)48-38-25-24-35(28-44(38)56-45(48)27-34)55-42-22-12-10-20-36(42)39-30-47-40(29-43(39)55)37-21-11-13-23-46(37)57-47/h1-30H. The van der Waals surface area contributed by atoms with Gasteiger partial charge in [-0.2, -0.15) is 0 Å². The van der Waals surface area contributed by atoms with Crippen LogP contribution in [0.3, 0.4) is 0 Å². The van der Waals surface area contributed by atoms with Gasteiger partial charge in [-0.1, -0.05) is 127 Å². The van der Waals surface area contributed by atoms with Crippen molar-refractivity contribution in [1.29, 1.82) is 0 Å². The molecular weight excluding hydrogens is 717 g/mol. The molecule has 0 saturated heterocycles. The molecule has 0 unspecified atom stereocenters. The average Bonchev–Trinajstić information content (AvgIpc) is 3.94. The maximum Gasteiger partial charge on any atom is 0.164 e. The largest absolute Gasteiger partial charge is 0.456 e. The zero-order valence-corrected chi connectivity index (χ0v) is 31.2. The molecular formula is C51H30N4OS. The molecule has 6 heteroatoms. The summed E-state index contributed by atoms with van der Waals surface area (Å²) in [5.41, 5.74) is 9.77. The summed E-state index contributed by atoms with van der Waals surface area (Å²) in [7, 11) is 0. The summed E-state index contributed by atoms with van der Waals surface area (Å²) in [6.07, 6.45) is 0. The maximum atomic E-state index is 6.90. The predicted octanol–water partition coefficient (Wildman–Crippen LogP) is 13.9. The zero-order valence-electron chi connectivity index (χ0n) is 30.4. The fourth-order valence-electron chi connectivity index (χ4n) is 8.40. The third-order valence-electron chi connectivity index (χ3n) is 11.0. The van der Waals surface area contributed by atoms with Crippen LogP contribution in [0.2, 0.25) is 0 Å². The number of fused-ring (bicyclic) bond motifs is 9. The molecule has 4 aromatic heterocycles. The van der Waals surface area contributed by atoms with Crippen LogP contribution >= 0.6 is 11.3 Å². The van der Waals surface area contributed by atoms with Crippen molar-refractivity contribution in [3.05, 3.63) is 182 Å². The van der Waals surface area contributed by atoms with Gasteiger partial charge in [-0.3, -0.25) is 0 Å². The molecule has 0 fully saturated rings. The molecule has 12 rings (SSSR count). The molecule has 0 aliphatic carbocycles. The van der Waals surface area contributed by atoms with Crippen molar-refractivity contribution in [1.82, 2.24) is 19.5 Å². The van der Waals surface area contributed by atoms with E-state index >= 15 is 0 Å². The lowest BCUT2D eigenvalue weighted by Crippen LogP contribution is -2.00. The first kappa shape index (κ1) is 31.9. The summed E-state index contributed by atoms with van der Waals surface area (Å²) in [4.78, 5) is 15.3. The summed E-state index contributed by atoms with van der Waals surface area (Å²) in [6.45, 7) is 0. The normalized spacial score (nSPS) is 11.9. The highest BCUT2D eigenvalue weighted by Crippen LogP contribution is 2.43. The van der Waals surface area contributed by atoms with E-state index in [9.17, 15) is 0 Å². The highest BCUT2D eigenvalue weighted by molar-refractivity contribution is 7.25. The van der Waals surface area contributed by atoms with E-state index in [4.69, 9.17) is 19.4 Å². The highest BCUT2D eigenvalue weighted by atomic mass is 32.1. The van der Waals surface area contributed by atoms with E-state index < -0.39 is 0 Å². The molecule has 8 aromatic carbocycles. The quantitative estimate of drug-likeness (QED) is 0.176. The van der Waals surface area contributed by atoms with Gasteiger partial charge in [0.05, 0.1) is 11.0 Å². The third-order valence-corrected chi connectivity index (χ3v) is 12.2. The molecule has 0 atom stereocenters. The fourth-order valence-corrected chi connectivity index (χ4v) is 9.53. The number of nitrogens with zero attached hydrogens (tertiary/aromatic N) is 4. The van der Waals surface area contributed by atoms with Gasteiger partial charge in [-0.25, -0.2) is 15.0 Å². The SMILES string of the molecule is c1ccc(-c2cc(-c3nc(-c4ccccc4)nc(-c4ccccc4)n3)c3c(c2)oc2cc(-n4c5ccccc5c5cc6sc7ccccc7c6cc54)ccc23)cc1. The average molecular weight is 747 g/mol. The van der Waals surface area contributed by atoms with Gasteiger partial charge in [-0.05, 0) is 59.7 Å². The number of hydrogen-bond acceptors (Lipinski definition) is 5. The van der Waals surface area contributed by atoms with E-state index in [2.05, 4.69) is 120 Å². The van der Waals surface area contributed by atoms with Gasteiger partial charge in [-0.15, -0.1) is 11.3 Å². The molecule has 57 heavy (non-hydrogen) atoms. The lowest BCUT2D eigenvalue weighted by atomic mass is 9.98. The zero-order chi connectivity index (χ0) is 37.5. The number of hydrogen-bond donors (Lipinski definition) is 0. The minimum atomic E-state index is 0.590. The van der Waals surface area contributed by atoms with E-state index in [1.165, 1.54) is 36.5 Å². The van der Waals surface area contributed by atoms with E-state index in [-0.39, 0.29) is 0 Å². The maximum absolute atomic E-state index is 6.90. The molecule has 0 spiro atoms. The second-order valence-corrected chi connectivity index (χ2v) is 15.5. The van der Waals surface area contributed by atoms with Crippen molar-refractivity contribution in [2.45, 2.75) is 0 Å². The van der Waals surface area contributed by atoms with Gasteiger partial charge in [0.1, 0.15) is 11.2 Å². The number of benzene rings is 8. The highest BCUT2D eigenvalue weighted by Gasteiger charge is 2.22. The monoisotopic (exact) mass is 746 g/mol. The smallest absolute Gasteiger partial charge is 0.164 e. The topological polar surface area (TPSA) is 56.7 Å². The summed E-state index contributed by atoms with van der Waals surface area (Å²) in [5, 5.41) is 6.99. The predicted molar refractivity (Wildman–Crippen MR) is 236 cm³/mol. The first-order valence-electron chi connectivity index (χ1n) is 19.0. The number of furan rings is 1. The molecule has 4 heterocycles. The Morgan fingerprint density at radius 2 is 1.02 bits per heavy atom. The van der Waals surface area contributed by atoms with Gasteiger partial charge < -0.3 is 8.98 Å². The van der Waals surface area contributed by atoms with Gasteiger partial charge in [0.15, 0.2) is 17.5 Å². The van der Waals surface area contributed by atoms with Crippen LogP contribution in [0.25, 0.3) is 115 Å². The van der Waals surface area contributed by atoms with E-state index in [1.54, 1.807) is 0 Å². The van der Waals surface area contributed by atoms with Crippen LogP contribution < -0.4 is 0 Å². The Morgan fingerprint density at radius 1 is 0.386 bits per heavy atom. The first-order chi connectivity index (χ1) is 28.2. The Labute approximate surface area is 330 Å². The van der Waals surface area contributed by atoms with Crippen LogP contribution in [-0.2, 0) is 0 Å². The van der Waals surface area contributed by atoms with E-state index in [1.807, 2.05) is 78.1 Å². The van der Waals surface area contributed by atoms with Gasteiger partial charge in [0.25, 0.3) is 0 Å². The van der Waals surface area contributed by atoms with Crippen LogP contribution in [0.1, 0.15) is 0 Å². The Balaban J connectivity index is 1.12. The summed E-state index contributed by atoms with van der Waals surface area (Å²) in [5.74, 6) is 1.82. The van der Waals surface area contributed by atoms with Gasteiger partial charge in [0, 0.05) is 70.2 Å². The third kappa shape index (κ3) is 5.12. The molecule has 0 radical (unpaired) electrons. The molecule has 0 amide bonds.